The summed E-state index contributed by atoms with van der Waals surface area (Å²) in [5.41, 5.74) is 3.10. The van der Waals surface area contributed by atoms with Crippen molar-refractivity contribution in [2.45, 2.75) is 39.2 Å². The summed E-state index contributed by atoms with van der Waals surface area (Å²) in [5.74, 6) is 0.391. The molecule has 0 spiro atoms. The van der Waals surface area contributed by atoms with Gasteiger partial charge in [-0.05, 0) is 49.8 Å². The molecule has 2 unspecified atom stereocenters. The molecule has 2 aromatic rings. The first-order chi connectivity index (χ1) is 13.0. The van der Waals surface area contributed by atoms with Crippen molar-refractivity contribution < 1.29 is 9.59 Å². The van der Waals surface area contributed by atoms with E-state index in [2.05, 4.69) is 24.9 Å². The second kappa shape index (κ2) is 7.14. The molecule has 27 heavy (non-hydrogen) atoms. The van der Waals surface area contributed by atoms with Gasteiger partial charge in [-0.1, -0.05) is 25.1 Å². The second-order valence-corrected chi connectivity index (χ2v) is 7.82. The van der Waals surface area contributed by atoms with Crippen LogP contribution in [0.15, 0.2) is 42.7 Å². The maximum atomic E-state index is 13.2. The molecule has 1 saturated heterocycles. The van der Waals surface area contributed by atoms with Gasteiger partial charge in [0.1, 0.15) is 0 Å². The number of hydrogen-bond donors (Lipinski definition) is 0. The number of carbonyl (C=O) groups excluding carboxylic acids is 2. The molecule has 0 N–H and O–H groups in total. The number of anilines is 1. The van der Waals surface area contributed by atoms with Gasteiger partial charge in [0.25, 0.3) is 11.8 Å². The maximum Gasteiger partial charge on any atom is 0.260 e. The van der Waals surface area contributed by atoms with Crippen molar-refractivity contribution in [2.75, 3.05) is 18.0 Å². The van der Waals surface area contributed by atoms with Crippen LogP contribution in [0, 0.1) is 5.92 Å². The summed E-state index contributed by atoms with van der Waals surface area (Å²) in [7, 11) is 0. The Hall–Kier alpha value is -2.69. The predicted molar refractivity (Wildman–Crippen MR) is 105 cm³/mol. The number of carbonyl (C=O) groups is 2. The fraction of sp³-hybridized carbons (Fsp3) is 0.409. The van der Waals surface area contributed by atoms with Crippen molar-refractivity contribution in [3.05, 3.63) is 59.4 Å². The van der Waals surface area contributed by atoms with Gasteiger partial charge in [-0.2, -0.15) is 0 Å². The number of likely N-dealkylation sites (tertiary alicyclic amines) is 1. The quantitative estimate of drug-likeness (QED) is 0.820. The number of piperidine rings is 1. The summed E-state index contributed by atoms with van der Waals surface area (Å²) in [6.45, 7) is 5.77. The Bertz CT molecular complexity index is 879. The number of para-hydroxylation sites is 1. The Morgan fingerprint density at radius 1 is 1.07 bits per heavy atom. The molecular formula is C22H25N3O2. The van der Waals surface area contributed by atoms with Crippen LogP contribution < -0.4 is 4.90 Å². The zero-order valence-corrected chi connectivity index (χ0v) is 15.9. The predicted octanol–water partition coefficient (Wildman–Crippen LogP) is 3.55. The lowest BCUT2D eigenvalue weighted by Gasteiger charge is -2.31. The van der Waals surface area contributed by atoms with Gasteiger partial charge in [0.05, 0.1) is 11.1 Å². The molecule has 0 radical (unpaired) electrons. The normalized spacial score (nSPS) is 21.9. The number of hydrogen-bond acceptors (Lipinski definition) is 3. The highest BCUT2D eigenvalue weighted by molar-refractivity contribution is 6.08. The van der Waals surface area contributed by atoms with Crippen LogP contribution in [0.1, 0.15) is 53.0 Å². The minimum absolute atomic E-state index is 0.0291. The lowest BCUT2D eigenvalue weighted by Crippen LogP contribution is -2.39. The zero-order chi connectivity index (χ0) is 19.0. The van der Waals surface area contributed by atoms with Crippen molar-refractivity contribution in [2.24, 2.45) is 5.92 Å². The molecule has 2 aliphatic rings. The van der Waals surface area contributed by atoms with E-state index in [0.29, 0.717) is 17.0 Å². The minimum atomic E-state index is -0.0957. The Morgan fingerprint density at radius 3 is 2.59 bits per heavy atom. The molecule has 1 fully saturated rings. The fourth-order valence-corrected chi connectivity index (χ4v) is 4.24. The van der Waals surface area contributed by atoms with E-state index >= 15 is 0 Å². The average Bonchev–Trinajstić information content (AvgIpc) is 3.02. The van der Waals surface area contributed by atoms with E-state index in [-0.39, 0.29) is 17.9 Å². The zero-order valence-electron chi connectivity index (χ0n) is 15.9. The number of amides is 2. The summed E-state index contributed by atoms with van der Waals surface area (Å²) in [6.07, 6.45) is 6.17. The van der Waals surface area contributed by atoms with Gasteiger partial charge in [-0.25, -0.2) is 0 Å². The third-order valence-corrected chi connectivity index (χ3v) is 5.60. The molecule has 5 nitrogen and oxygen atoms in total. The standard InChI is InChI=1S/C22H25N3O2/c1-15-6-5-9-24(14-15)21(26)18-11-19(13-23-12-18)22(27)25-16(2)10-17-7-3-4-8-20(17)25/h3-4,7-8,11-13,15-16H,5-6,9-10,14H2,1-2H3. The highest BCUT2D eigenvalue weighted by atomic mass is 16.2. The van der Waals surface area contributed by atoms with E-state index in [1.807, 2.05) is 28.0 Å². The molecule has 140 valence electrons. The van der Waals surface area contributed by atoms with Gasteiger partial charge < -0.3 is 9.80 Å². The van der Waals surface area contributed by atoms with Crippen molar-refractivity contribution in [3.8, 4) is 0 Å². The molecule has 3 heterocycles. The number of fused-ring (bicyclic) bond motifs is 1. The molecule has 2 atom stereocenters. The van der Waals surface area contributed by atoms with Gasteiger partial charge in [0.15, 0.2) is 0 Å². The van der Waals surface area contributed by atoms with Crippen LogP contribution in [0.4, 0.5) is 5.69 Å². The third-order valence-electron chi connectivity index (χ3n) is 5.60. The van der Waals surface area contributed by atoms with E-state index in [4.69, 9.17) is 0 Å². The topological polar surface area (TPSA) is 53.5 Å². The molecule has 4 rings (SSSR count). The lowest BCUT2D eigenvalue weighted by molar-refractivity contribution is 0.0682. The van der Waals surface area contributed by atoms with Crippen molar-refractivity contribution in [1.29, 1.82) is 0 Å². The SMILES string of the molecule is CC1CCCN(C(=O)c2cncc(C(=O)N3c4ccccc4CC3C)c2)C1. The van der Waals surface area contributed by atoms with E-state index in [9.17, 15) is 9.59 Å². The number of aromatic nitrogens is 1. The van der Waals surface area contributed by atoms with Crippen molar-refractivity contribution >= 4 is 17.5 Å². The molecule has 0 bridgehead atoms. The molecule has 2 amide bonds. The highest BCUT2D eigenvalue weighted by Crippen LogP contribution is 2.33. The molecule has 1 aromatic carbocycles. The number of pyridine rings is 1. The second-order valence-electron chi connectivity index (χ2n) is 7.82. The first kappa shape index (κ1) is 17.7. The average molecular weight is 363 g/mol. The fourth-order valence-electron chi connectivity index (χ4n) is 4.24. The molecule has 0 aliphatic carbocycles. The summed E-state index contributed by atoms with van der Waals surface area (Å²) < 4.78 is 0. The minimum Gasteiger partial charge on any atom is -0.338 e. The van der Waals surface area contributed by atoms with Gasteiger partial charge in [-0.15, -0.1) is 0 Å². The number of nitrogens with zero attached hydrogens (tertiary/aromatic N) is 3. The van der Waals surface area contributed by atoms with Crippen LogP contribution in [0.5, 0.6) is 0 Å². The summed E-state index contributed by atoms with van der Waals surface area (Å²) in [6, 6.07) is 9.79. The summed E-state index contributed by atoms with van der Waals surface area (Å²) in [4.78, 5) is 34.0. The molecule has 1 aromatic heterocycles. The molecule has 2 aliphatic heterocycles. The van der Waals surface area contributed by atoms with Crippen LogP contribution in [-0.4, -0.2) is 40.8 Å². The van der Waals surface area contributed by atoms with E-state index in [1.54, 1.807) is 18.5 Å². The van der Waals surface area contributed by atoms with Gasteiger partial charge in [0.2, 0.25) is 0 Å². The number of benzene rings is 1. The first-order valence-corrected chi connectivity index (χ1v) is 9.70. The Balaban J connectivity index is 1.59. The Morgan fingerprint density at radius 2 is 1.81 bits per heavy atom. The van der Waals surface area contributed by atoms with Crippen LogP contribution >= 0.6 is 0 Å². The van der Waals surface area contributed by atoms with Gasteiger partial charge in [0, 0.05) is 37.2 Å². The molecule has 0 saturated carbocycles. The Kier molecular flexibility index (Phi) is 4.68. The lowest BCUT2D eigenvalue weighted by atomic mass is 9.99. The third kappa shape index (κ3) is 3.34. The highest BCUT2D eigenvalue weighted by Gasteiger charge is 2.32. The molecule has 5 heteroatoms. The smallest absolute Gasteiger partial charge is 0.260 e. The van der Waals surface area contributed by atoms with Crippen molar-refractivity contribution in [1.82, 2.24) is 9.88 Å². The maximum absolute atomic E-state index is 13.2. The molecular weight excluding hydrogens is 338 g/mol. The van der Waals surface area contributed by atoms with Crippen LogP contribution in [0.3, 0.4) is 0 Å². The van der Waals surface area contributed by atoms with Crippen LogP contribution in [0.2, 0.25) is 0 Å². The van der Waals surface area contributed by atoms with Gasteiger partial charge in [-0.3, -0.25) is 14.6 Å². The monoisotopic (exact) mass is 363 g/mol. The Labute approximate surface area is 160 Å². The first-order valence-electron chi connectivity index (χ1n) is 9.70. The van der Waals surface area contributed by atoms with E-state index in [1.165, 1.54) is 5.56 Å². The van der Waals surface area contributed by atoms with E-state index in [0.717, 1.165) is 38.0 Å². The number of rotatable bonds is 2. The summed E-state index contributed by atoms with van der Waals surface area (Å²) >= 11 is 0. The van der Waals surface area contributed by atoms with Crippen molar-refractivity contribution in [3.63, 3.8) is 0 Å². The largest absolute Gasteiger partial charge is 0.338 e. The van der Waals surface area contributed by atoms with Crippen LogP contribution in [0.25, 0.3) is 0 Å². The van der Waals surface area contributed by atoms with E-state index < -0.39 is 0 Å². The van der Waals surface area contributed by atoms with Crippen LogP contribution in [-0.2, 0) is 6.42 Å². The van der Waals surface area contributed by atoms with Gasteiger partial charge >= 0.3 is 0 Å². The summed E-state index contributed by atoms with van der Waals surface area (Å²) in [5, 5.41) is 0.